The van der Waals surface area contributed by atoms with Crippen LogP contribution >= 0.6 is 0 Å². The highest BCUT2D eigenvalue weighted by Gasteiger charge is 2.09. The van der Waals surface area contributed by atoms with Crippen LogP contribution in [0.15, 0.2) is 24.3 Å². The monoisotopic (exact) mass is 203 g/mol. The lowest BCUT2D eigenvalue weighted by molar-refractivity contribution is 0.248. The molecule has 0 aliphatic rings. The number of carbonyl (C=O) groups excluding carboxylic acids is 1. The minimum Gasteiger partial charge on any atom is -0.338 e. The van der Waals surface area contributed by atoms with E-state index in [0.29, 0.717) is 17.8 Å². The van der Waals surface area contributed by atoms with Crippen molar-refractivity contribution in [2.24, 2.45) is 0 Å². The first-order chi connectivity index (χ1) is 7.19. The van der Waals surface area contributed by atoms with Crippen molar-refractivity contribution in [2.75, 3.05) is 18.5 Å². The molecule has 1 rings (SSSR count). The Labute approximate surface area is 89.1 Å². The highest BCUT2D eigenvalue weighted by atomic mass is 16.2. The third kappa shape index (κ3) is 2.71. The summed E-state index contributed by atoms with van der Waals surface area (Å²) in [6, 6.07) is 8.78. The van der Waals surface area contributed by atoms with E-state index in [1.54, 1.807) is 31.3 Å². The summed E-state index contributed by atoms with van der Waals surface area (Å²) in [6.07, 6.45) is 0. The van der Waals surface area contributed by atoms with E-state index in [1.807, 2.05) is 13.0 Å². The SMILES string of the molecule is CCNC(=O)N(C)c1cccc(C#N)c1. The third-order valence-corrected chi connectivity index (χ3v) is 2.00. The Bertz CT molecular complexity index is 395. The number of hydrogen-bond acceptors (Lipinski definition) is 2. The summed E-state index contributed by atoms with van der Waals surface area (Å²) in [7, 11) is 1.67. The molecule has 0 radical (unpaired) electrons. The quantitative estimate of drug-likeness (QED) is 0.795. The largest absolute Gasteiger partial charge is 0.338 e. The lowest BCUT2D eigenvalue weighted by Crippen LogP contribution is -2.37. The number of nitriles is 1. The van der Waals surface area contributed by atoms with Gasteiger partial charge in [-0.05, 0) is 25.1 Å². The number of hydrogen-bond donors (Lipinski definition) is 1. The smallest absolute Gasteiger partial charge is 0.321 e. The van der Waals surface area contributed by atoms with E-state index in [2.05, 4.69) is 5.32 Å². The number of anilines is 1. The van der Waals surface area contributed by atoms with Crippen LogP contribution in [0.4, 0.5) is 10.5 Å². The van der Waals surface area contributed by atoms with Gasteiger partial charge in [0.15, 0.2) is 0 Å². The summed E-state index contributed by atoms with van der Waals surface area (Å²) in [5.41, 5.74) is 1.25. The fraction of sp³-hybridized carbons (Fsp3) is 0.273. The van der Waals surface area contributed by atoms with Gasteiger partial charge in [-0.25, -0.2) is 4.79 Å². The highest BCUT2D eigenvalue weighted by Crippen LogP contribution is 2.14. The number of urea groups is 1. The molecule has 0 aliphatic heterocycles. The molecule has 0 unspecified atom stereocenters. The molecule has 1 N–H and O–H groups in total. The first-order valence-corrected chi connectivity index (χ1v) is 4.70. The van der Waals surface area contributed by atoms with Crippen molar-refractivity contribution < 1.29 is 4.79 Å². The molecule has 0 heterocycles. The topological polar surface area (TPSA) is 56.1 Å². The van der Waals surface area contributed by atoms with Crippen molar-refractivity contribution in [3.63, 3.8) is 0 Å². The standard InChI is InChI=1S/C11H13N3O/c1-3-13-11(15)14(2)10-6-4-5-9(7-10)8-12/h4-7H,3H2,1-2H3,(H,13,15). The van der Waals surface area contributed by atoms with Gasteiger partial charge in [0, 0.05) is 19.3 Å². The number of carbonyl (C=O) groups is 1. The average molecular weight is 203 g/mol. The van der Waals surface area contributed by atoms with Crippen molar-refractivity contribution in [2.45, 2.75) is 6.92 Å². The normalized spacial score (nSPS) is 9.13. The van der Waals surface area contributed by atoms with Gasteiger partial charge in [0.1, 0.15) is 0 Å². The van der Waals surface area contributed by atoms with E-state index >= 15 is 0 Å². The van der Waals surface area contributed by atoms with Gasteiger partial charge >= 0.3 is 6.03 Å². The average Bonchev–Trinajstić information content (AvgIpc) is 2.28. The molecule has 4 heteroatoms. The Kier molecular flexibility index (Phi) is 3.69. The van der Waals surface area contributed by atoms with Crippen LogP contribution in [0.1, 0.15) is 12.5 Å². The number of benzene rings is 1. The van der Waals surface area contributed by atoms with Crippen LogP contribution in [0.5, 0.6) is 0 Å². The molecule has 1 aromatic carbocycles. The second-order valence-corrected chi connectivity index (χ2v) is 3.06. The van der Waals surface area contributed by atoms with Gasteiger partial charge in [0.25, 0.3) is 0 Å². The fourth-order valence-corrected chi connectivity index (χ4v) is 1.17. The van der Waals surface area contributed by atoms with Gasteiger partial charge in [-0.3, -0.25) is 4.90 Å². The first kappa shape index (κ1) is 11.1. The lowest BCUT2D eigenvalue weighted by atomic mass is 10.2. The molecule has 0 spiro atoms. The second-order valence-electron chi connectivity index (χ2n) is 3.06. The fourth-order valence-electron chi connectivity index (χ4n) is 1.17. The van der Waals surface area contributed by atoms with Crippen molar-refractivity contribution in [1.29, 1.82) is 5.26 Å². The first-order valence-electron chi connectivity index (χ1n) is 4.70. The van der Waals surface area contributed by atoms with Crippen LogP contribution in [-0.2, 0) is 0 Å². The summed E-state index contributed by atoms with van der Waals surface area (Å²) < 4.78 is 0. The van der Waals surface area contributed by atoms with Crippen molar-refractivity contribution in [1.82, 2.24) is 5.32 Å². The number of rotatable bonds is 2. The Morgan fingerprint density at radius 3 is 2.93 bits per heavy atom. The van der Waals surface area contributed by atoms with Crippen molar-refractivity contribution >= 4 is 11.7 Å². The molecular formula is C11H13N3O. The maximum atomic E-state index is 11.5. The van der Waals surface area contributed by atoms with E-state index in [0.717, 1.165) is 0 Å². The summed E-state index contributed by atoms with van der Waals surface area (Å²) in [5, 5.41) is 11.4. The molecule has 78 valence electrons. The Balaban J connectivity index is 2.87. The van der Waals surface area contributed by atoms with E-state index in [4.69, 9.17) is 5.26 Å². The predicted molar refractivity (Wildman–Crippen MR) is 58.6 cm³/mol. The van der Waals surface area contributed by atoms with Crippen LogP contribution in [0, 0.1) is 11.3 Å². The van der Waals surface area contributed by atoms with Crippen LogP contribution in [-0.4, -0.2) is 19.6 Å². The zero-order chi connectivity index (χ0) is 11.3. The molecular weight excluding hydrogens is 190 g/mol. The molecule has 0 saturated carbocycles. The summed E-state index contributed by atoms with van der Waals surface area (Å²) >= 11 is 0. The number of amides is 2. The van der Waals surface area contributed by atoms with E-state index in [9.17, 15) is 4.79 Å². The minimum atomic E-state index is -0.174. The van der Waals surface area contributed by atoms with Gasteiger partial charge in [-0.1, -0.05) is 6.07 Å². The molecule has 0 saturated heterocycles. The molecule has 2 amide bonds. The molecule has 1 aromatic rings. The minimum absolute atomic E-state index is 0.174. The van der Waals surface area contributed by atoms with Gasteiger partial charge in [-0.2, -0.15) is 5.26 Å². The molecule has 4 nitrogen and oxygen atoms in total. The summed E-state index contributed by atoms with van der Waals surface area (Å²) in [6.45, 7) is 2.44. The lowest BCUT2D eigenvalue weighted by Gasteiger charge is -2.17. The van der Waals surface area contributed by atoms with E-state index < -0.39 is 0 Å². The van der Waals surface area contributed by atoms with Gasteiger partial charge in [0.05, 0.1) is 11.6 Å². The van der Waals surface area contributed by atoms with E-state index in [-0.39, 0.29) is 6.03 Å². The number of nitrogens with one attached hydrogen (secondary N) is 1. The van der Waals surface area contributed by atoms with Crippen molar-refractivity contribution in [3.05, 3.63) is 29.8 Å². The summed E-state index contributed by atoms with van der Waals surface area (Å²) in [5.74, 6) is 0. The van der Waals surface area contributed by atoms with Crippen LogP contribution in [0.2, 0.25) is 0 Å². The van der Waals surface area contributed by atoms with Crippen molar-refractivity contribution in [3.8, 4) is 6.07 Å². The molecule has 0 aromatic heterocycles. The molecule has 0 fully saturated rings. The zero-order valence-electron chi connectivity index (χ0n) is 8.82. The number of nitrogens with zero attached hydrogens (tertiary/aromatic N) is 2. The zero-order valence-corrected chi connectivity index (χ0v) is 8.82. The van der Waals surface area contributed by atoms with Crippen LogP contribution in [0.25, 0.3) is 0 Å². The second kappa shape index (κ2) is 5.01. The van der Waals surface area contributed by atoms with E-state index in [1.165, 1.54) is 4.90 Å². The molecule has 0 atom stereocenters. The molecule has 0 aliphatic carbocycles. The van der Waals surface area contributed by atoms with Crippen LogP contribution in [0.3, 0.4) is 0 Å². The van der Waals surface area contributed by atoms with Gasteiger partial charge in [0.2, 0.25) is 0 Å². The molecule has 0 bridgehead atoms. The Morgan fingerprint density at radius 2 is 2.33 bits per heavy atom. The maximum absolute atomic E-state index is 11.5. The maximum Gasteiger partial charge on any atom is 0.321 e. The summed E-state index contributed by atoms with van der Waals surface area (Å²) in [4.78, 5) is 13.0. The highest BCUT2D eigenvalue weighted by molar-refractivity contribution is 5.91. The Hall–Kier alpha value is -2.02. The van der Waals surface area contributed by atoms with Gasteiger partial charge in [-0.15, -0.1) is 0 Å². The Morgan fingerprint density at radius 1 is 1.60 bits per heavy atom. The predicted octanol–water partition coefficient (Wildman–Crippen LogP) is 1.72. The third-order valence-electron chi connectivity index (χ3n) is 2.00. The van der Waals surface area contributed by atoms with Gasteiger partial charge < -0.3 is 5.32 Å². The van der Waals surface area contributed by atoms with Crippen LogP contribution < -0.4 is 10.2 Å². The molecule has 15 heavy (non-hydrogen) atoms.